The van der Waals surface area contributed by atoms with Crippen LogP contribution in [0.15, 0.2) is 16.1 Å². The van der Waals surface area contributed by atoms with Crippen LogP contribution in [-0.4, -0.2) is 26.3 Å². The highest BCUT2D eigenvalue weighted by Gasteiger charge is 2.12. The van der Waals surface area contributed by atoms with E-state index in [1.165, 1.54) is 4.88 Å². The molecule has 0 fully saturated rings. The lowest BCUT2D eigenvalue weighted by molar-refractivity contribution is 0.534. The standard InChI is InChI=1S/C12H19N5OS2/c1-4-5-13-10-14-6-9(20-10)7-19-12-16-15-11(18)17(12)8(2)3/h6,8H,4-5,7H2,1-3H3,(H,13,14)(H,15,18). The van der Waals surface area contributed by atoms with Gasteiger partial charge in [-0.25, -0.2) is 14.9 Å². The third-order valence-corrected chi connectivity index (χ3v) is 4.75. The number of anilines is 1. The molecule has 0 spiro atoms. The van der Waals surface area contributed by atoms with Crippen molar-refractivity contribution in [2.75, 3.05) is 11.9 Å². The number of rotatable bonds is 7. The zero-order valence-electron chi connectivity index (χ0n) is 11.8. The van der Waals surface area contributed by atoms with Gasteiger partial charge in [0.15, 0.2) is 10.3 Å². The van der Waals surface area contributed by atoms with Crippen molar-refractivity contribution in [1.82, 2.24) is 19.7 Å². The highest BCUT2D eigenvalue weighted by Crippen LogP contribution is 2.26. The second kappa shape index (κ2) is 6.94. The number of aromatic nitrogens is 4. The molecule has 0 unspecified atom stereocenters. The molecule has 2 heterocycles. The van der Waals surface area contributed by atoms with E-state index in [-0.39, 0.29) is 11.7 Å². The summed E-state index contributed by atoms with van der Waals surface area (Å²) in [4.78, 5) is 17.1. The molecule has 2 rings (SSSR count). The summed E-state index contributed by atoms with van der Waals surface area (Å²) >= 11 is 3.19. The fourth-order valence-corrected chi connectivity index (χ4v) is 3.61. The molecule has 0 aliphatic heterocycles. The summed E-state index contributed by atoms with van der Waals surface area (Å²) < 4.78 is 1.67. The van der Waals surface area contributed by atoms with Crippen LogP contribution in [0.25, 0.3) is 0 Å². The predicted octanol–water partition coefficient (Wildman–Crippen LogP) is 2.72. The Bertz CT molecular complexity index is 601. The summed E-state index contributed by atoms with van der Waals surface area (Å²) in [6.07, 6.45) is 2.96. The Balaban J connectivity index is 1.98. The molecule has 2 aromatic rings. The van der Waals surface area contributed by atoms with Gasteiger partial charge in [-0.1, -0.05) is 18.7 Å². The maximum atomic E-state index is 11.6. The fourth-order valence-electron chi connectivity index (χ4n) is 1.67. The quantitative estimate of drug-likeness (QED) is 0.769. The summed E-state index contributed by atoms with van der Waals surface area (Å²) in [5, 5.41) is 11.5. The van der Waals surface area contributed by atoms with Gasteiger partial charge < -0.3 is 5.32 Å². The molecular formula is C12H19N5OS2. The minimum absolute atomic E-state index is 0.104. The highest BCUT2D eigenvalue weighted by atomic mass is 32.2. The fraction of sp³-hybridized carbons (Fsp3) is 0.583. The smallest absolute Gasteiger partial charge is 0.344 e. The van der Waals surface area contributed by atoms with E-state index in [1.54, 1.807) is 27.7 Å². The number of thioether (sulfide) groups is 1. The van der Waals surface area contributed by atoms with Crippen LogP contribution in [0.4, 0.5) is 5.13 Å². The minimum Gasteiger partial charge on any atom is -0.362 e. The number of nitrogens with zero attached hydrogens (tertiary/aromatic N) is 3. The average molecular weight is 313 g/mol. The second-order valence-electron chi connectivity index (χ2n) is 4.62. The zero-order valence-corrected chi connectivity index (χ0v) is 13.5. The topological polar surface area (TPSA) is 75.6 Å². The van der Waals surface area contributed by atoms with Gasteiger partial charge in [0.25, 0.3) is 0 Å². The van der Waals surface area contributed by atoms with Crippen molar-refractivity contribution in [2.24, 2.45) is 0 Å². The highest BCUT2D eigenvalue weighted by molar-refractivity contribution is 7.98. The lowest BCUT2D eigenvalue weighted by atomic mass is 10.4. The molecule has 0 radical (unpaired) electrons. The van der Waals surface area contributed by atoms with Gasteiger partial charge in [0.1, 0.15) is 0 Å². The number of H-pyrrole nitrogens is 1. The van der Waals surface area contributed by atoms with E-state index in [2.05, 4.69) is 27.4 Å². The van der Waals surface area contributed by atoms with Crippen LogP contribution >= 0.6 is 23.1 Å². The number of thiazole rings is 1. The van der Waals surface area contributed by atoms with Crippen molar-refractivity contribution in [3.8, 4) is 0 Å². The minimum atomic E-state index is -0.155. The lowest BCUT2D eigenvalue weighted by Crippen LogP contribution is -2.19. The normalized spacial score (nSPS) is 11.2. The zero-order chi connectivity index (χ0) is 14.5. The van der Waals surface area contributed by atoms with E-state index in [1.807, 2.05) is 20.0 Å². The Labute approximate surface area is 126 Å². The van der Waals surface area contributed by atoms with E-state index in [4.69, 9.17) is 0 Å². The number of hydrogen-bond donors (Lipinski definition) is 2. The Hall–Kier alpha value is -1.28. The molecule has 2 N–H and O–H groups in total. The van der Waals surface area contributed by atoms with Crippen LogP contribution in [0, 0.1) is 0 Å². The molecule has 0 bridgehead atoms. The Kier molecular flexibility index (Phi) is 5.24. The van der Waals surface area contributed by atoms with Crippen molar-refractivity contribution in [2.45, 2.75) is 44.1 Å². The van der Waals surface area contributed by atoms with E-state index in [0.29, 0.717) is 0 Å². The predicted molar refractivity (Wildman–Crippen MR) is 83.7 cm³/mol. The maximum absolute atomic E-state index is 11.6. The van der Waals surface area contributed by atoms with Crippen molar-refractivity contribution in [1.29, 1.82) is 0 Å². The van der Waals surface area contributed by atoms with Gasteiger partial charge in [-0.15, -0.1) is 16.4 Å². The third-order valence-electron chi connectivity index (χ3n) is 2.61. The summed E-state index contributed by atoms with van der Waals surface area (Å²) in [6, 6.07) is 0.104. The summed E-state index contributed by atoms with van der Waals surface area (Å²) in [7, 11) is 0. The Morgan fingerprint density at radius 3 is 3.05 bits per heavy atom. The molecule has 0 saturated carbocycles. The van der Waals surface area contributed by atoms with Gasteiger partial charge in [-0.3, -0.25) is 4.57 Å². The maximum Gasteiger partial charge on any atom is 0.344 e. The molecule has 0 amide bonds. The molecule has 2 aromatic heterocycles. The number of aromatic amines is 1. The molecule has 0 atom stereocenters. The van der Waals surface area contributed by atoms with Crippen LogP contribution in [0.1, 0.15) is 38.1 Å². The molecule has 110 valence electrons. The van der Waals surface area contributed by atoms with Crippen molar-refractivity contribution in [3.63, 3.8) is 0 Å². The SMILES string of the molecule is CCCNc1ncc(CSc2n[nH]c(=O)n2C(C)C)s1. The average Bonchev–Trinajstić information content (AvgIpc) is 3.00. The molecule has 6 nitrogen and oxygen atoms in total. The molecule has 20 heavy (non-hydrogen) atoms. The lowest BCUT2D eigenvalue weighted by Gasteiger charge is -2.07. The Morgan fingerprint density at radius 2 is 2.35 bits per heavy atom. The molecule has 0 aliphatic carbocycles. The van der Waals surface area contributed by atoms with Crippen molar-refractivity contribution in [3.05, 3.63) is 21.6 Å². The van der Waals surface area contributed by atoms with Gasteiger partial charge in [-0.2, -0.15) is 0 Å². The first kappa shape index (κ1) is 15.1. The van der Waals surface area contributed by atoms with Gasteiger partial charge in [0.05, 0.1) is 0 Å². The van der Waals surface area contributed by atoms with E-state index < -0.39 is 0 Å². The van der Waals surface area contributed by atoms with Crippen LogP contribution in [0.5, 0.6) is 0 Å². The summed E-state index contributed by atoms with van der Waals surface area (Å²) in [5.74, 6) is 0.766. The van der Waals surface area contributed by atoms with Gasteiger partial charge in [0.2, 0.25) is 0 Å². The largest absolute Gasteiger partial charge is 0.362 e. The molecular weight excluding hydrogens is 294 g/mol. The van der Waals surface area contributed by atoms with Gasteiger partial charge in [-0.05, 0) is 20.3 Å². The van der Waals surface area contributed by atoms with E-state index in [9.17, 15) is 4.79 Å². The number of hydrogen-bond acceptors (Lipinski definition) is 6. The third kappa shape index (κ3) is 3.63. The van der Waals surface area contributed by atoms with Gasteiger partial charge in [0, 0.05) is 29.4 Å². The van der Waals surface area contributed by atoms with Crippen molar-refractivity contribution >= 4 is 28.2 Å². The molecule has 0 aliphatic rings. The van der Waals surface area contributed by atoms with E-state index in [0.717, 1.165) is 29.0 Å². The van der Waals surface area contributed by atoms with Crippen molar-refractivity contribution < 1.29 is 0 Å². The van der Waals surface area contributed by atoms with Crippen LogP contribution in [0.3, 0.4) is 0 Å². The first-order valence-corrected chi connectivity index (χ1v) is 8.40. The molecule has 0 saturated heterocycles. The Morgan fingerprint density at radius 1 is 1.55 bits per heavy atom. The van der Waals surface area contributed by atoms with Gasteiger partial charge >= 0.3 is 5.69 Å². The van der Waals surface area contributed by atoms with Crippen LogP contribution in [-0.2, 0) is 5.75 Å². The summed E-state index contributed by atoms with van der Waals surface area (Å²) in [6.45, 7) is 7.01. The van der Waals surface area contributed by atoms with Crippen LogP contribution in [0.2, 0.25) is 0 Å². The summed E-state index contributed by atoms with van der Waals surface area (Å²) in [5.41, 5.74) is -0.155. The first-order chi connectivity index (χ1) is 9.61. The second-order valence-corrected chi connectivity index (χ2v) is 6.68. The first-order valence-electron chi connectivity index (χ1n) is 6.60. The molecule has 0 aromatic carbocycles. The van der Waals surface area contributed by atoms with Crippen LogP contribution < -0.4 is 11.0 Å². The number of nitrogens with one attached hydrogen (secondary N) is 2. The molecule has 8 heteroatoms. The van der Waals surface area contributed by atoms with E-state index >= 15 is 0 Å². The monoisotopic (exact) mass is 313 g/mol.